The molecule has 2 nitrogen and oxygen atoms in total. The monoisotopic (exact) mass is 190 g/mol. The van der Waals surface area contributed by atoms with E-state index in [-0.39, 0.29) is 5.78 Å². The number of Topliss-reactive ketones (excluding diaryl/α,β-unsaturated/α-hetero) is 1. The number of benzene rings is 1. The smallest absolute Gasteiger partial charge is 0.192 e. The van der Waals surface area contributed by atoms with Gasteiger partial charge in [0.15, 0.2) is 5.78 Å². The molecule has 0 saturated heterocycles. The number of ketones is 1. The maximum atomic E-state index is 11.7. The van der Waals surface area contributed by atoms with Crippen molar-refractivity contribution >= 4 is 5.78 Å². The minimum absolute atomic E-state index is 0.117. The Morgan fingerprint density at radius 2 is 2.00 bits per heavy atom. The van der Waals surface area contributed by atoms with E-state index in [0.717, 1.165) is 17.4 Å². The summed E-state index contributed by atoms with van der Waals surface area (Å²) in [5, 5.41) is 8.74. The summed E-state index contributed by atoms with van der Waals surface area (Å²) in [6, 6.07) is 5.71. The summed E-state index contributed by atoms with van der Waals surface area (Å²) in [5.74, 6) is -0.117. The van der Waals surface area contributed by atoms with Gasteiger partial charge >= 0.3 is 0 Å². The Bertz CT molecular complexity index is 389. The number of hydrogen-bond acceptors (Lipinski definition) is 2. The predicted octanol–water partition coefficient (Wildman–Crippen LogP) is 2.95. The van der Waals surface area contributed by atoms with Crippen molar-refractivity contribution in [3.05, 3.63) is 46.7 Å². The van der Waals surface area contributed by atoms with Crippen LogP contribution in [-0.2, 0) is 0 Å². The highest BCUT2D eigenvalue weighted by Gasteiger charge is 2.10. The molecule has 0 aliphatic rings. The molecule has 1 aromatic carbocycles. The lowest BCUT2D eigenvalue weighted by molar-refractivity contribution is 0.103. The third-order valence-electron chi connectivity index (χ3n) is 2.19. The molecule has 2 heteroatoms. The Kier molecular flexibility index (Phi) is 3.07. The van der Waals surface area contributed by atoms with Gasteiger partial charge < -0.3 is 5.11 Å². The standard InChI is InChI=1S/C12H14O2/c1-8-4-5-9(2)11(6-8)12(14)10(3)7-13/h4-7,13H,1-3H3/b10-7-. The van der Waals surface area contributed by atoms with Crippen molar-refractivity contribution in [2.45, 2.75) is 20.8 Å². The molecule has 0 unspecified atom stereocenters. The van der Waals surface area contributed by atoms with Crippen LogP contribution >= 0.6 is 0 Å². The van der Waals surface area contributed by atoms with Gasteiger partial charge in [0.2, 0.25) is 0 Å². The molecule has 0 bridgehead atoms. The van der Waals surface area contributed by atoms with Crippen LogP contribution in [0.1, 0.15) is 28.4 Å². The highest BCUT2D eigenvalue weighted by atomic mass is 16.2. The summed E-state index contributed by atoms with van der Waals surface area (Å²) in [4.78, 5) is 11.7. The van der Waals surface area contributed by atoms with Gasteiger partial charge in [-0.05, 0) is 32.4 Å². The second-order valence-corrected chi connectivity index (χ2v) is 3.46. The Morgan fingerprint density at radius 1 is 1.36 bits per heavy atom. The van der Waals surface area contributed by atoms with E-state index in [1.165, 1.54) is 0 Å². The molecule has 1 rings (SSSR count). The van der Waals surface area contributed by atoms with Crippen molar-refractivity contribution < 1.29 is 9.90 Å². The highest BCUT2D eigenvalue weighted by Crippen LogP contribution is 2.14. The van der Waals surface area contributed by atoms with Crippen molar-refractivity contribution in [1.82, 2.24) is 0 Å². The Balaban J connectivity index is 3.19. The summed E-state index contributed by atoms with van der Waals surface area (Å²) < 4.78 is 0. The zero-order valence-corrected chi connectivity index (χ0v) is 8.66. The largest absolute Gasteiger partial charge is 0.515 e. The third kappa shape index (κ3) is 2.02. The molecular weight excluding hydrogens is 176 g/mol. The number of allylic oxidation sites excluding steroid dienone is 1. The Morgan fingerprint density at radius 3 is 2.57 bits per heavy atom. The maximum absolute atomic E-state index is 11.7. The molecule has 0 aliphatic heterocycles. The number of aliphatic hydroxyl groups excluding tert-OH is 1. The lowest BCUT2D eigenvalue weighted by Crippen LogP contribution is -2.03. The van der Waals surface area contributed by atoms with Crippen molar-refractivity contribution in [2.75, 3.05) is 0 Å². The van der Waals surface area contributed by atoms with Crippen molar-refractivity contribution in [1.29, 1.82) is 0 Å². The van der Waals surface area contributed by atoms with Crippen LogP contribution < -0.4 is 0 Å². The van der Waals surface area contributed by atoms with Gasteiger partial charge in [-0.3, -0.25) is 4.79 Å². The lowest BCUT2D eigenvalue weighted by Gasteiger charge is -2.05. The average molecular weight is 190 g/mol. The molecule has 0 aromatic heterocycles. The fourth-order valence-electron chi connectivity index (χ4n) is 1.25. The number of hydrogen-bond donors (Lipinski definition) is 1. The number of carbonyl (C=O) groups excluding carboxylic acids is 1. The van der Waals surface area contributed by atoms with E-state index in [2.05, 4.69) is 0 Å². The van der Waals surface area contributed by atoms with E-state index < -0.39 is 0 Å². The zero-order valence-electron chi connectivity index (χ0n) is 8.66. The first-order valence-electron chi connectivity index (χ1n) is 4.49. The van der Waals surface area contributed by atoms with Crippen LogP contribution in [0.3, 0.4) is 0 Å². The molecule has 14 heavy (non-hydrogen) atoms. The van der Waals surface area contributed by atoms with Gasteiger partial charge in [-0.2, -0.15) is 0 Å². The number of rotatable bonds is 2. The van der Waals surface area contributed by atoms with Crippen molar-refractivity contribution in [3.8, 4) is 0 Å². The van der Waals surface area contributed by atoms with E-state index in [9.17, 15) is 4.79 Å². The minimum Gasteiger partial charge on any atom is -0.515 e. The van der Waals surface area contributed by atoms with Crippen LogP contribution in [0.25, 0.3) is 0 Å². The maximum Gasteiger partial charge on any atom is 0.192 e. The van der Waals surface area contributed by atoms with E-state index in [4.69, 9.17) is 5.11 Å². The summed E-state index contributed by atoms with van der Waals surface area (Å²) in [6.45, 7) is 5.43. The van der Waals surface area contributed by atoms with Crippen molar-refractivity contribution in [3.63, 3.8) is 0 Å². The SMILES string of the molecule is C/C(=C/O)C(=O)c1cc(C)ccc1C. The number of carbonyl (C=O) groups is 1. The summed E-state index contributed by atoms with van der Waals surface area (Å²) in [5.41, 5.74) is 3.00. The highest BCUT2D eigenvalue weighted by molar-refractivity contribution is 6.09. The van der Waals surface area contributed by atoms with Gasteiger partial charge in [-0.1, -0.05) is 17.7 Å². The van der Waals surface area contributed by atoms with Gasteiger partial charge in [0, 0.05) is 11.1 Å². The second-order valence-electron chi connectivity index (χ2n) is 3.46. The fourth-order valence-corrected chi connectivity index (χ4v) is 1.25. The fraction of sp³-hybridized carbons (Fsp3) is 0.250. The van der Waals surface area contributed by atoms with Gasteiger partial charge in [-0.25, -0.2) is 0 Å². The van der Waals surface area contributed by atoms with Crippen LogP contribution in [0.2, 0.25) is 0 Å². The van der Waals surface area contributed by atoms with Crippen LogP contribution in [0.15, 0.2) is 30.0 Å². The normalized spacial score (nSPS) is 11.5. The Labute approximate surface area is 83.9 Å². The van der Waals surface area contributed by atoms with Gasteiger partial charge in [0.1, 0.15) is 0 Å². The summed E-state index contributed by atoms with van der Waals surface area (Å²) in [6.07, 6.45) is 0.851. The average Bonchev–Trinajstić information content (AvgIpc) is 2.19. The molecule has 0 atom stereocenters. The number of aryl methyl sites for hydroxylation is 2. The number of aliphatic hydroxyl groups is 1. The first-order valence-corrected chi connectivity index (χ1v) is 4.49. The molecule has 0 radical (unpaired) electrons. The minimum atomic E-state index is -0.117. The van der Waals surface area contributed by atoms with Gasteiger partial charge in [0.25, 0.3) is 0 Å². The molecule has 0 amide bonds. The van der Waals surface area contributed by atoms with E-state index in [1.807, 2.05) is 32.0 Å². The zero-order chi connectivity index (χ0) is 10.7. The molecule has 0 spiro atoms. The van der Waals surface area contributed by atoms with Crippen LogP contribution in [-0.4, -0.2) is 10.9 Å². The van der Waals surface area contributed by atoms with Gasteiger partial charge in [0.05, 0.1) is 6.26 Å². The first kappa shape index (κ1) is 10.5. The second kappa shape index (κ2) is 4.09. The molecule has 74 valence electrons. The molecule has 0 aliphatic carbocycles. The molecule has 1 aromatic rings. The molecule has 0 saturated carbocycles. The van der Waals surface area contributed by atoms with Crippen LogP contribution in [0, 0.1) is 13.8 Å². The van der Waals surface area contributed by atoms with E-state index >= 15 is 0 Å². The Hall–Kier alpha value is -1.57. The third-order valence-corrected chi connectivity index (χ3v) is 2.19. The summed E-state index contributed by atoms with van der Waals surface area (Å²) >= 11 is 0. The molecular formula is C12H14O2. The van der Waals surface area contributed by atoms with E-state index in [1.54, 1.807) is 6.92 Å². The topological polar surface area (TPSA) is 37.3 Å². The van der Waals surface area contributed by atoms with Gasteiger partial charge in [-0.15, -0.1) is 0 Å². The molecule has 1 N–H and O–H groups in total. The molecule has 0 fully saturated rings. The molecule has 0 heterocycles. The quantitative estimate of drug-likeness (QED) is 0.442. The van der Waals surface area contributed by atoms with Crippen molar-refractivity contribution in [2.24, 2.45) is 0 Å². The van der Waals surface area contributed by atoms with Crippen LogP contribution in [0.5, 0.6) is 0 Å². The van der Waals surface area contributed by atoms with Crippen LogP contribution in [0.4, 0.5) is 0 Å². The summed E-state index contributed by atoms with van der Waals surface area (Å²) in [7, 11) is 0. The van der Waals surface area contributed by atoms with E-state index in [0.29, 0.717) is 11.1 Å². The lowest BCUT2D eigenvalue weighted by atomic mass is 9.99. The predicted molar refractivity (Wildman–Crippen MR) is 56.6 cm³/mol. The first-order chi connectivity index (χ1) is 6.56.